The quantitative estimate of drug-likeness (QED) is 0.313. The third-order valence-electron chi connectivity index (χ3n) is 6.86. The summed E-state index contributed by atoms with van der Waals surface area (Å²) in [5.74, 6) is -0.950. The maximum atomic E-state index is 14.6. The molecule has 9 nitrogen and oxygen atoms in total. The van der Waals surface area contributed by atoms with Gasteiger partial charge in [0, 0.05) is 24.5 Å². The highest BCUT2D eigenvalue weighted by Crippen LogP contribution is 2.47. The van der Waals surface area contributed by atoms with Crippen LogP contribution in [0.25, 0.3) is 0 Å². The normalized spacial score (nSPS) is 16.2. The number of primary amides is 1. The number of hydrogen-bond donors (Lipinski definition) is 3. The lowest BCUT2D eigenvalue weighted by Gasteiger charge is -2.32. The van der Waals surface area contributed by atoms with Gasteiger partial charge in [-0.1, -0.05) is 59.7 Å². The van der Waals surface area contributed by atoms with E-state index < -0.39 is 29.7 Å². The molecule has 0 aromatic heterocycles. The van der Waals surface area contributed by atoms with E-state index in [1.54, 1.807) is 35.2 Å². The topological polar surface area (TPSA) is 123 Å². The van der Waals surface area contributed by atoms with E-state index in [0.29, 0.717) is 41.3 Å². The number of fused-ring (bicyclic) bond motifs is 1. The molecular formula is C31H36N4O5. The van der Waals surface area contributed by atoms with E-state index in [-0.39, 0.29) is 13.0 Å². The van der Waals surface area contributed by atoms with Crippen LogP contribution in [-0.2, 0) is 31.0 Å². The van der Waals surface area contributed by atoms with Crippen molar-refractivity contribution in [2.75, 3.05) is 30.0 Å². The second-order valence-electron chi connectivity index (χ2n) is 9.77. The number of rotatable bonds is 11. The zero-order valence-corrected chi connectivity index (χ0v) is 23.3. The largest absolute Gasteiger partial charge is 0.369 e. The molecule has 1 unspecified atom stereocenters. The van der Waals surface area contributed by atoms with Gasteiger partial charge in [-0.2, -0.15) is 0 Å². The van der Waals surface area contributed by atoms with Gasteiger partial charge in [-0.25, -0.2) is 4.79 Å². The minimum atomic E-state index is -1.65. The monoisotopic (exact) mass is 544 g/mol. The number of nitrogens with zero attached hydrogens (tertiary/aromatic N) is 1. The molecule has 3 aromatic carbocycles. The molecule has 4 amide bonds. The van der Waals surface area contributed by atoms with Gasteiger partial charge in [0.15, 0.2) is 11.8 Å². The van der Waals surface area contributed by atoms with E-state index in [4.69, 9.17) is 15.2 Å². The Bertz CT molecular complexity index is 1370. The molecule has 210 valence electrons. The van der Waals surface area contributed by atoms with Gasteiger partial charge in [-0.15, -0.1) is 0 Å². The number of aryl methyl sites for hydroxylation is 2. The Labute approximate surface area is 234 Å². The number of amides is 4. The summed E-state index contributed by atoms with van der Waals surface area (Å²) in [4.78, 5) is 41.9. The number of hydrogen-bond acceptors (Lipinski definition) is 5. The van der Waals surface area contributed by atoms with Gasteiger partial charge >= 0.3 is 6.03 Å². The average molecular weight is 545 g/mol. The fraction of sp³-hybridized carbons (Fsp3) is 0.323. The Morgan fingerprint density at radius 2 is 1.52 bits per heavy atom. The first kappa shape index (κ1) is 28.8. The highest BCUT2D eigenvalue weighted by molar-refractivity contribution is 6.13. The summed E-state index contributed by atoms with van der Waals surface area (Å²) in [6.07, 6.45) is -0.804. The number of ether oxygens (including phenoxy) is 2. The van der Waals surface area contributed by atoms with Crippen LogP contribution in [0.4, 0.5) is 16.2 Å². The lowest BCUT2D eigenvalue weighted by atomic mass is 9.80. The molecule has 0 spiro atoms. The molecule has 1 aliphatic rings. The van der Waals surface area contributed by atoms with Crippen LogP contribution >= 0.6 is 0 Å². The highest BCUT2D eigenvalue weighted by atomic mass is 16.7. The standard InChI is InChI=1S/C31H36N4O5/c1-5-39-27(40-6-2)19-35-25-9-7-8-22(18-26(32)36)28(25)31(29(35)37,23-14-10-20(3)11-15-23)34-30(38)33-24-16-12-21(4)13-17-24/h7-17,27H,5-6,18-19H2,1-4H3,(H2,32,36)(H2,33,34,38). The van der Waals surface area contributed by atoms with Gasteiger partial charge in [-0.05, 0) is 57.0 Å². The number of nitrogens with one attached hydrogen (secondary N) is 2. The molecule has 1 aliphatic heterocycles. The minimum absolute atomic E-state index is 0.0857. The maximum Gasteiger partial charge on any atom is 0.320 e. The summed E-state index contributed by atoms with van der Waals surface area (Å²) >= 11 is 0. The zero-order chi connectivity index (χ0) is 28.9. The number of carbonyl (C=O) groups excluding carboxylic acids is 3. The second kappa shape index (κ2) is 12.3. The van der Waals surface area contributed by atoms with Gasteiger partial charge in [-0.3, -0.25) is 9.59 Å². The summed E-state index contributed by atoms with van der Waals surface area (Å²) < 4.78 is 11.5. The fourth-order valence-corrected chi connectivity index (χ4v) is 5.08. The number of nitrogens with two attached hydrogens (primary N) is 1. The van der Waals surface area contributed by atoms with Gasteiger partial charge in [0.25, 0.3) is 5.91 Å². The molecule has 0 fully saturated rings. The minimum Gasteiger partial charge on any atom is -0.369 e. The summed E-state index contributed by atoms with van der Waals surface area (Å²) in [7, 11) is 0. The van der Waals surface area contributed by atoms with Crippen molar-refractivity contribution in [1.82, 2.24) is 5.32 Å². The van der Waals surface area contributed by atoms with Crippen molar-refractivity contribution in [3.8, 4) is 0 Å². The first-order valence-electron chi connectivity index (χ1n) is 13.4. The van der Waals surface area contributed by atoms with Crippen molar-refractivity contribution >= 4 is 29.2 Å². The summed E-state index contributed by atoms with van der Waals surface area (Å²) in [5.41, 5.74) is 8.73. The van der Waals surface area contributed by atoms with E-state index in [9.17, 15) is 14.4 Å². The summed E-state index contributed by atoms with van der Waals surface area (Å²) in [6, 6.07) is 19.5. The van der Waals surface area contributed by atoms with E-state index in [2.05, 4.69) is 10.6 Å². The zero-order valence-electron chi connectivity index (χ0n) is 23.3. The first-order valence-corrected chi connectivity index (χ1v) is 13.4. The molecule has 0 saturated carbocycles. The molecule has 0 bridgehead atoms. The molecule has 40 heavy (non-hydrogen) atoms. The van der Waals surface area contributed by atoms with E-state index in [1.807, 2.05) is 64.1 Å². The lowest BCUT2D eigenvalue weighted by molar-refractivity contribution is -0.136. The average Bonchev–Trinajstić information content (AvgIpc) is 3.14. The predicted octanol–water partition coefficient (Wildman–Crippen LogP) is 4.14. The molecule has 4 rings (SSSR count). The molecule has 0 radical (unpaired) electrons. The SMILES string of the molecule is CCOC(CN1C(=O)C(NC(=O)Nc2ccc(C)cc2)(c2ccc(C)cc2)c2c(CC(N)=O)cccc21)OCC. The summed E-state index contributed by atoms with van der Waals surface area (Å²) in [5, 5.41) is 5.85. The van der Waals surface area contributed by atoms with Crippen molar-refractivity contribution in [2.45, 2.75) is 45.9 Å². The van der Waals surface area contributed by atoms with E-state index >= 15 is 0 Å². The van der Waals surface area contributed by atoms with Gasteiger partial charge in [0.05, 0.1) is 18.7 Å². The maximum absolute atomic E-state index is 14.6. The third-order valence-corrected chi connectivity index (χ3v) is 6.86. The molecule has 9 heteroatoms. The van der Waals surface area contributed by atoms with Crippen molar-refractivity contribution in [2.24, 2.45) is 5.73 Å². The Morgan fingerprint density at radius 1 is 0.925 bits per heavy atom. The Morgan fingerprint density at radius 3 is 2.10 bits per heavy atom. The van der Waals surface area contributed by atoms with Crippen LogP contribution in [-0.4, -0.2) is 43.9 Å². The van der Waals surface area contributed by atoms with E-state index in [0.717, 1.165) is 11.1 Å². The molecule has 3 aromatic rings. The van der Waals surface area contributed by atoms with Crippen LogP contribution in [0.2, 0.25) is 0 Å². The predicted molar refractivity (Wildman–Crippen MR) is 154 cm³/mol. The number of benzene rings is 3. The van der Waals surface area contributed by atoms with Gasteiger partial charge in [0.2, 0.25) is 5.91 Å². The van der Waals surface area contributed by atoms with Crippen molar-refractivity contribution in [3.63, 3.8) is 0 Å². The smallest absolute Gasteiger partial charge is 0.320 e. The van der Waals surface area contributed by atoms with Crippen LogP contribution in [0.3, 0.4) is 0 Å². The Hall–Kier alpha value is -4.21. The number of anilines is 2. The van der Waals surface area contributed by atoms with Crippen LogP contribution in [0.1, 0.15) is 41.7 Å². The lowest BCUT2D eigenvalue weighted by Crippen LogP contribution is -2.56. The highest BCUT2D eigenvalue weighted by Gasteiger charge is 2.55. The molecule has 1 atom stereocenters. The van der Waals surface area contributed by atoms with E-state index in [1.165, 1.54) is 0 Å². The van der Waals surface area contributed by atoms with Crippen molar-refractivity contribution in [3.05, 3.63) is 94.5 Å². The second-order valence-corrected chi connectivity index (χ2v) is 9.77. The Balaban J connectivity index is 1.89. The van der Waals surface area contributed by atoms with Crippen molar-refractivity contribution < 1.29 is 23.9 Å². The van der Waals surface area contributed by atoms with Gasteiger partial charge in [0.1, 0.15) is 0 Å². The van der Waals surface area contributed by atoms with Crippen molar-refractivity contribution in [1.29, 1.82) is 0 Å². The first-order chi connectivity index (χ1) is 19.2. The summed E-state index contributed by atoms with van der Waals surface area (Å²) in [6.45, 7) is 8.47. The number of urea groups is 1. The molecule has 0 saturated heterocycles. The molecule has 0 aliphatic carbocycles. The van der Waals surface area contributed by atoms with Crippen LogP contribution in [0.5, 0.6) is 0 Å². The third kappa shape index (κ3) is 5.85. The molecule has 4 N–H and O–H groups in total. The van der Waals surface area contributed by atoms with Crippen LogP contribution in [0.15, 0.2) is 66.7 Å². The molecule has 1 heterocycles. The number of carbonyl (C=O) groups is 3. The Kier molecular flexibility index (Phi) is 8.86. The van der Waals surface area contributed by atoms with Crippen LogP contribution < -0.4 is 21.3 Å². The van der Waals surface area contributed by atoms with Crippen LogP contribution in [0, 0.1) is 13.8 Å². The molecular weight excluding hydrogens is 508 g/mol. The van der Waals surface area contributed by atoms with Gasteiger partial charge < -0.3 is 30.7 Å². The fourth-order valence-electron chi connectivity index (χ4n) is 5.08.